The normalized spacial score (nSPS) is 14.9. The minimum atomic E-state index is -3.97. The van der Waals surface area contributed by atoms with Crippen LogP contribution < -0.4 is 14.8 Å². The molecule has 1 N–H and O–H groups in total. The van der Waals surface area contributed by atoms with Gasteiger partial charge in [0.05, 0.1) is 13.7 Å². The Morgan fingerprint density at radius 3 is 2.40 bits per heavy atom. The zero-order chi connectivity index (χ0) is 21.6. The molecule has 0 aliphatic carbocycles. The molecule has 0 spiro atoms. The first kappa shape index (κ1) is 22.0. The third kappa shape index (κ3) is 5.28. The Labute approximate surface area is 175 Å². The highest BCUT2D eigenvalue weighted by Gasteiger charge is 2.29. The molecule has 7 nitrogen and oxygen atoms in total. The van der Waals surface area contributed by atoms with Crippen molar-refractivity contribution in [1.29, 1.82) is 0 Å². The Balaban J connectivity index is 1.60. The van der Waals surface area contributed by atoms with Gasteiger partial charge in [0.1, 0.15) is 28.8 Å². The van der Waals surface area contributed by atoms with Crippen molar-refractivity contribution >= 4 is 15.9 Å². The van der Waals surface area contributed by atoms with E-state index in [4.69, 9.17) is 9.47 Å². The van der Waals surface area contributed by atoms with Crippen LogP contribution in [0, 0.1) is 5.82 Å². The van der Waals surface area contributed by atoms with Crippen molar-refractivity contribution in [3.8, 4) is 11.5 Å². The monoisotopic (exact) mass is 436 g/mol. The summed E-state index contributed by atoms with van der Waals surface area (Å²) >= 11 is 0. The Bertz CT molecular complexity index is 973. The van der Waals surface area contributed by atoms with Gasteiger partial charge >= 0.3 is 0 Å². The van der Waals surface area contributed by atoms with Gasteiger partial charge in [-0.1, -0.05) is 6.42 Å². The lowest BCUT2D eigenvalue weighted by Crippen LogP contribution is -2.36. The molecule has 9 heteroatoms. The van der Waals surface area contributed by atoms with E-state index in [2.05, 4.69) is 5.32 Å². The van der Waals surface area contributed by atoms with Crippen molar-refractivity contribution in [2.24, 2.45) is 0 Å². The number of carbonyl (C=O) groups is 1. The van der Waals surface area contributed by atoms with E-state index in [9.17, 15) is 17.6 Å². The van der Waals surface area contributed by atoms with Gasteiger partial charge in [-0.05, 0) is 55.3 Å². The van der Waals surface area contributed by atoms with Crippen LogP contribution in [-0.2, 0) is 10.0 Å². The fraction of sp³-hybridized carbons (Fsp3) is 0.381. The summed E-state index contributed by atoms with van der Waals surface area (Å²) in [5.41, 5.74) is 0.0800. The lowest BCUT2D eigenvalue weighted by atomic mass is 10.2. The maximum Gasteiger partial charge on any atom is 0.251 e. The molecule has 1 aliphatic heterocycles. The molecule has 162 valence electrons. The second-order valence-corrected chi connectivity index (χ2v) is 8.80. The molecule has 1 amide bonds. The highest BCUT2D eigenvalue weighted by molar-refractivity contribution is 7.89. The van der Waals surface area contributed by atoms with Gasteiger partial charge in [-0.15, -0.1) is 0 Å². The Kier molecular flexibility index (Phi) is 7.28. The molecule has 1 aliphatic rings. The van der Waals surface area contributed by atoms with Gasteiger partial charge in [0.15, 0.2) is 0 Å². The van der Waals surface area contributed by atoms with Gasteiger partial charge in [0.25, 0.3) is 5.91 Å². The van der Waals surface area contributed by atoms with E-state index in [1.807, 2.05) is 0 Å². The number of methoxy groups -OCH3 is 1. The topological polar surface area (TPSA) is 84.9 Å². The number of sulfonamides is 1. The predicted molar refractivity (Wildman–Crippen MR) is 110 cm³/mol. The summed E-state index contributed by atoms with van der Waals surface area (Å²) in [5.74, 6) is -0.0209. The Hall–Kier alpha value is -2.65. The number of ether oxygens (including phenoxy) is 2. The quantitative estimate of drug-likeness (QED) is 0.644. The van der Waals surface area contributed by atoms with Crippen LogP contribution in [0.2, 0.25) is 0 Å². The predicted octanol–water partition coefficient (Wildman–Crippen LogP) is 2.82. The van der Waals surface area contributed by atoms with E-state index >= 15 is 0 Å². The first-order chi connectivity index (χ1) is 14.4. The number of piperidine rings is 1. The van der Waals surface area contributed by atoms with Gasteiger partial charge in [-0.25, -0.2) is 12.8 Å². The molecule has 0 aromatic heterocycles. The summed E-state index contributed by atoms with van der Waals surface area (Å²) in [6.07, 6.45) is 2.44. The zero-order valence-electron chi connectivity index (χ0n) is 16.8. The third-order valence-electron chi connectivity index (χ3n) is 4.84. The molecule has 0 saturated carbocycles. The maximum atomic E-state index is 14.3. The highest BCUT2D eigenvalue weighted by atomic mass is 32.2. The number of nitrogens with zero attached hydrogens (tertiary/aromatic N) is 1. The first-order valence-corrected chi connectivity index (χ1v) is 11.2. The second-order valence-electron chi connectivity index (χ2n) is 6.89. The summed E-state index contributed by atoms with van der Waals surface area (Å²) < 4.78 is 51.7. The van der Waals surface area contributed by atoms with Crippen LogP contribution in [0.3, 0.4) is 0 Å². The van der Waals surface area contributed by atoms with E-state index in [0.29, 0.717) is 24.6 Å². The second kappa shape index (κ2) is 9.90. The molecule has 2 aromatic rings. The number of hydrogen-bond acceptors (Lipinski definition) is 5. The van der Waals surface area contributed by atoms with Crippen molar-refractivity contribution < 1.29 is 27.1 Å². The minimum absolute atomic E-state index is 0.0800. The molecule has 0 unspecified atom stereocenters. The molecular weight excluding hydrogens is 411 g/mol. The van der Waals surface area contributed by atoms with Crippen molar-refractivity contribution in [1.82, 2.24) is 9.62 Å². The van der Waals surface area contributed by atoms with E-state index < -0.39 is 26.6 Å². The van der Waals surface area contributed by atoms with Gasteiger partial charge < -0.3 is 14.8 Å². The lowest BCUT2D eigenvalue weighted by Gasteiger charge is -2.26. The highest BCUT2D eigenvalue weighted by Crippen LogP contribution is 2.24. The summed E-state index contributed by atoms with van der Waals surface area (Å²) in [4.78, 5) is 11.9. The average Bonchev–Trinajstić information content (AvgIpc) is 2.77. The summed E-state index contributed by atoms with van der Waals surface area (Å²) in [5, 5.41) is 2.65. The van der Waals surface area contributed by atoms with Crippen LogP contribution in [0.4, 0.5) is 4.39 Å². The molecule has 30 heavy (non-hydrogen) atoms. The maximum absolute atomic E-state index is 14.3. The summed E-state index contributed by atoms with van der Waals surface area (Å²) in [6, 6.07) is 10.4. The molecule has 0 bridgehead atoms. The fourth-order valence-electron chi connectivity index (χ4n) is 3.19. The molecule has 0 atom stereocenters. The van der Waals surface area contributed by atoms with E-state index in [1.54, 1.807) is 31.4 Å². The number of carbonyl (C=O) groups excluding carboxylic acids is 1. The van der Waals surface area contributed by atoms with E-state index in [0.717, 1.165) is 31.4 Å². The van der Waals surface area contributed by atoms with Crippen LogP contribution in [0.25, 0.3) is 0 Å². The number of nitrogens with one attached hydrogen (secondary N) is 1. The number of rotatable bonds is 8. The largest absolute Gasteiger partial charge is 0.497 e. The van der Waals surface area contributed by atoms with Gasteiger partial charge in [-0.3, -0.25) is 4.79 Å². The number of benzene rings is 2. The Morgan fingerprint density at radius 2 is 1.73 bits per heavy atom. The van der Waals surface area contributed by atoms with Crippen molar-refractivity contribution in [2.75, 3.05) is 33.4 Å². The van der Waals surface area contributed by atoms with Crippen LogP contribution in [0.15, 0.2) is 47.4 Å². The number of halogens is 1. The summed E-state index contributed by atoms with van der Waals surface area (Å²) in [6.45, 7) is 1.15. The van der Waals surface area contributed by atoms with Crippen molar-refractivity contribution in [3.05, 3.63) is 53.8 Å². The molecule has 2 aromatic carbocycles. The average molecular weight is 437 g/mol. The van der Waals surface area contributed by atoms with E-state index in [1.165, 1.54) is 10.4 Å². The molecule has 3 rings (SSSR count). The van der Waals surface area contributed by atoms with Gasteiger partial charge in [0, 0.05) is 18.7 Å². The van der Waals surface area contributed by atoms with Crippen LogP contribution in [0.1, 0.15) is 29.6 Å². The third-order valence-corrected chi connectivity index (χ3v) is 6.76. The number of amides is 1. The number of hydrogen-bond donors (Lipinski definition) is 1. The van der Waals surface area contributed by atoms with Crippen molar-refractivity contribution in [2.45, 2.75) is 24.2 Å². The minimum Gasteiger partial charge on any atom is -0.497 e. The fourth-order valence-corrected chi connectivity index (χ4v) is 4.80. The Morgan fingerprint density at radius 1 is 1.07 bits per heavy atom. The van der Waals surface area contributed by atoms with E-state index in [-0.39, 0.29) is 18.7 Å². The standard InChI is InChI=1S/C21H25FN2O5S/c1-28-17-6-8-18(9-7-17)29-14-11-23-21(25)16-5-10-19(22)20(15-16)30(26,27)24-12-3-2-4-13-24/h5-10,15H,2-4,11-14H2,1H3,(H,23,25). The van der Waals surface area contributed by atoms with Crippen LogP contribution in [0.5, 0.6) is 11.5 Å². The van der Waals surface area contributed by atoms with Crippen LogP contribution >= 0.6 is 0 Å². The molecule has 0 radical (unpaired) electrons. The lowest BCUT2D eigenvalue weighted by molar-refractivity contribution is 0.0946. The smallest absolute Gasteiger partial charge is 0.251 e. The molecule has 1 fully saturated rings. The SMILES string of the molecule is COc1ccc(OCCNC(=O)c2ccc(F)c(S(=O)(=O)N3CCCCC3)c2)cc1. The first-order valence-electron chi connectivity index (χ1n) is 9.76. The molecular formula is C21H25FN2O5S. The molecule has 1 heterocycles. The van der Waals surface area contributed by atoms with Gasteiger partial charge in [-0.2, -0.15) is 4.31 Å². The molecule has 1 saturated heterocycles. The zero-order valence-corrected chi connectivity index (χ0v) is 17.6. The van der Waals surface area contributed by atoms with Gasteiger partial charge in [0.2, 0.25) is 10.0 Å². The van der Waals surface area contributed by atoms with Crippen molar-refractivity contribution in [3.63, 3.8) is 0 Å². The summed E-state index contributed by atoms with van der Waals surface area (Å²) in [7, 11) is -2.40. The van der Waals surface area contributed by atoms with Crippen LogP contribution in [-0.4, -0.2) is 52.0 Å².